The van der Waals surface area contributed by atoms with E-state index in [0.29, 0.717) is 23.8 Å². The number of hydrogen-bond acceptors (Lipinski definition) is 3. The van der Waals surface area contributed by atoms with E-state index in [4.69, 9.17) is 11.6 Å². The summed E-state index contributed by atoms with van der Waals surface area (Å²) >= 11 is 6.32. The average Bonchev–Trinajstić information content (AvgIpc) is 2.55. The largest absolute Gasteiger partial charge is 0.328 e. The van der Waals surface area contributed by atoms with Gasteiger partial charge in [-0.2, -0.15) is 0 Å². The van der Waals surface area contributed by atoms with Gasteiger partial charge >= 0.3 is 0 Å². The fraction of sp³-hybridized carbons (Fsp3) is 0.294. The number of hydrogen-bond donors (Lipinski definition) is 1. The molecule has 1 unspecified atom stereocenters. The molecule has 1 aliphatic rings. The molecule has 1 aromatic carbocycles. The number of piperazine rings is 1. The van der Waals surface area contributed by atoms with Crippen LogP contribution in [0.25, 0.3) is 0 Å². The molecule has 0 bridgehead atoms. The van der Waals surface area contributed by atoms with Gasteiger partial charge in [0.15, 0.2) is 0 Å². The van der Waals surface area contributed by atoms with Crippen LogP contribution in [0.5, 0.6) is 0 Å². The Morgan fingerprint density at radius 3 is 2.86 bits per heavy atom. The zero-order chi connectivity index (χ0) is 15.5. The summed E-state index contributed by atoms with van der Waals surface area (Å²) in [5, 5.41) is 4.02. The van der Waals surface area contributed by atoms with Crippen molar-refractivity contribution in [1.29, 1.82) is 0 Å². The first kappa shape index (κ1) is 15.0. The second kappa shape index (κ2) is 6.46. The van der Waals surface area contributed by atoms with Crippen molar-refractivity contribution in [2.75, 3.05) is 19.6 Å². The first-order valence-electron chi connectivity index (χ1n) is 7.36. The summed E-state index contributed by atoms with van der Waals surface area (Å²) in [4.78, 5) is 19.1. The van der Waals surface area contributed by atoms with Gasteiger partial charge in [-0.3, -0.25) is 4.79 Å². The van der Waals surface area contributed by atoms with Crippen LogP contribution in [0.15, 0.2) is 42.5 Å². The molecule has 2 heterocycles. The minimum absolute atomic E-state index is 0.0462. The average molecular weight is 316 g/mol. The number of nitrogens with zero attached hydrogens (tertiary/aromatic N) is 2. The van der Waals surface area contributed by atoms with Gasteiger partial charge in [-0.25, -0.2) is 4.98 Å². The van der Waals surface area contributed by atoms with Crippen LogP contribution >= 0.6 is 11.6 Å². The number of rotatable bonds is 2. The van der Waals surface area contributed by atoms with Gasteiger partial charge in [0.1, 0.15) is 5.69 Å². The van der Waals surface area contributed by atoms with E-state index in [9.17, 15) is 4.79 Å². The summed E-state index contributed by atoms with van der Waals surface area (Å²) in [5.41, 5.74) is 2.30. The summed E-state index contributed by atoms with van der Waals surface area (Å²) in [6, 6.07) is 13.1. The topological polar surface area (TPSA) is 45.2 Å². The molecule has 0 radical (unpaired) electrons. The SMILES string of the molecule is Cc1cccc(C(=O)N2CCNCC2c2ccccc2Cl)n1. The molecule has 1 N–H and O–H groups in total. The van der Waals surface area contributed by atoms with Crippen LogP contribution in [0.1, 0.15) is 27.8 Å². The van der Waals surface area contributed by atoms with Gasteiger partial charge < -0.3 is 10.2 Å². The maximum absolute atomic E-state index is 12.8. The normalized spacial score (nSPS) is 18.3. The number of halogens is 1. The Morgan fingerprint density at radius 2 is 2.09 bits per heavy atom. The summed E-state index contributed by atoms with van der Waals surface area (Å²) < 4.78 is 0. The Morgan fingerprint density at radius 1 is 1.27 bits per heavy atom. The highest BCUT2D eigenvalue weighted by atomic mass is 35.5. The molecular formula is C17H18ClN3O. The lowest BCUT2D eigenvalue weighted by Gasteiger charge is -2.36. The smallest absolute Gasteiger partial charge is 0.273 e. The molecule has 0 saturated carbocycles. The molecule has 1 saturated heterocycles. The predicted octanol–water partition coefficient (Wildman–Crippen LogP) is 2.83. The maximum Gasteiger partial charge on any atom is 0.273 e. The minimum atomic E-state index is -0.0720. The van der Waals surface area contributed by atoms with Crippen molar-refractivity contribution in [1.82, 2.24) is 15.2 Å². The highest BCUT2D eigenvalue weighted by Crippen LogP contribution is 2.29. The van der Waals surface area contributed by atoms with Gasteiger partial charge in [-0.1, -0.05) is 35.9 Å². The van der Waals surface area contributed by atoms with E-state index in [-0.39, 0.29) is 11.9 Å². The van der Waals surface area contributed by atoms with Crippen LogP contribution in [0.4, 0.5) is 0 Å². The van der Waals surface area contributed by atoms with Gasteiger partial charge in [0.2, 0.25) is 0 Å². The molecule has 1 atom stereocenters. The van der Waals surface area contributed by atoms with E-state index < -0.39 is 0 Å². The quantitative estimate of drug-likeness (QED) is 0.927. The third-order valence-electron chi connectivity index (χ3n) is 3.88. The lowest BCUT2D eigenvalue weighted by atomic mass is 10.0. The van der Waals surface area contributed by atoms with E-state index >= 15 is 0 Å². The number of amides is 1. The van der Waals surface area contributed by atoms with Crippen molar-refractivity contribution in [2.24, 2.45) is 0 Å². The molecule has 4 nitrogen and oxygen atoms in total. The van der Waals surface area contributed by atoms with Crippen molar-refractivity contribution in [3.63, 3.8) is 0 Å². The van der Waals surface area contributed by atoms with Gasteiger partial charge in [-0.05, 0) is 30.7 Å². The van der Waals surface area contributed by atoms with Crippen LogP contribution < -0.4 is 5.32 Å². The maximum atomic E-state index is 12.8. The molecule has 2 aromatic rings. The van der Waals surface area contributed by atoms with E-state index in [2.05, 4.69) is 10.3 Å². The van der Waals surface area contributed by atoms with Crippen LogP contribution in [-0.4, -0.2) is 35.4 Å². The number of carbonyl (C=O) groups is 1. The van der Waals surface area contributed by atoms with Crippen molar-refractivity contribution in [2.45, 2.75) is 13.0 Å². The molecule has 0 spiro atoms. The Kier molecular flexibility index (Phi) is 4.41. The molecular weight excluding hydrogens is 298 g/mol. The monoisotopic (exact) mass is 315 g/mol. The van der Waals surface area contributed by atoms with Crippen LogP contribution in [0, 0.1) is 6.92 Å². The summed E-state index contributed by atoms with van der Waals surface area (Å²) in [6.45, 7) is 4.00. The molecule has 1 amide bonds. The van der Waals surface area contributed by atoms with Crippen molar-refractivity contribution < 1.29 is 4.79 Å². The van der Waals surface area contributed by atoms with E-state index in [0.717, 1.165) is 17.8 Å². The van der Waals surface area contributed by atoms with E-state index in [1.165, 1.54) is 0 Å². The van der Waals surface area contributed by atoms with Crippen LogP contribution in [-0.2, 0) is 0 Å². The lowest BCUT2D eigenvalue weighted by Crippen LogP contribution is -2.49. The van der Waals surface area contributed by atoms with Gasteiger partial charge in [0.05, 0.1) is 6.04 Å². The molecule has 0 aliphatic carbocycles. The zero-order valence-corrected chi connectivity index (χ0v) is 13.2. The molecule has 1 aliphatic heterocycles. The van der Waals surface area contributed by atoms with E-state index in [1.54, 1.807) is 6.07 Å². The molecule has 22 heavy (non-hydrogen) atoms. The van der Waals surface area contributed by atoms with Gasteiger partial charge in [0.25, 0.3) is 5.91 Å². The fourth-order valence-electron chi connectivity index (χ4n) is 2.78. The Labute approximate surface area is 135 Å². The minimum Gasteiger partial charge on any atom is -0.328 e. The molecule has 3 rings (SSSR count). The van der Waals surface area contributed by atoms with Crippen molar-refractivity contribution in [3.05, 3.63) is 64.4 Å². The number of pyridine rings is 1. The number of aryl methyl sites for hydroxylation is 1. The first-order chi connectivity index (χ1) is 10.7. The van der Waals surface area contributed by atoms with Crippen LogP contribution in [0.2, 0.25) is 5.02 Å². The predicted molar refractivity (Wildman–Crippen MR) is 87.1 cm³/mol. The standard InChI is InChI=1S/C17H18ClN3O/c1-12-5-4-8-15(20-12)17(22)21-10-9-19-11-16(21)13-6-2-3-7-14(13)18/h2-8,16,19H,9-11H2,1H3. The third kappa shape index (κ3) is 2.98. The Bertz CT molecular complexity index is 689. The van der Waals surface area contributed by atoms with E-state index in [1.807, 2.05) is 48.2 Å². The molecule has 5 heteroatoms. The van der Waals surface area contributed by atoms with Crippen molar-refractivity contribution in [3.8, 4) is 0 Å². The highest BCUT2D eigenvalue weighted by Gasteiger charge is 2.30. The van der Waals surface area contributed by atoms with Gasteiger partial charge in [-0.15, -0.1) is 0 Å². The van der Waals surface area contributed by atoms with Gasteiger partial charge in [0, 0.05) is 30.4 Å². The van der Waals surface area contributed by atoms with Crippen LogP contribution in [0.3, 0.4) is 0 Å². The molecule has 1 fully saturated rings. The Hall–Kier alpha value is -1.91. The summed E-state index contributed by atoms with van der Waals surface area (Å²) in [7, 11) is 0. The lowest BCUT2D eigenvalue weighted by molar-refractivity contribution is 0.0628. The number of carbonyl (C=O) groups excluding carboxylic acids is 1. The second-order valence-electron chi connectivity index (χ2n) is 5.40. The Balaban J connectivity index is 1.93. The second-order valence-corrected chi connectivity index (χ2v) is 5.81. The van der Waals surface area contributed by atoms with Crippen molar-refractivity contribution >= 4 is 17.5 Å². The number of aromatic nitrogens is 1. The highest BCUT2D eigenvalue weighted by molar-refractivity contribution is 6.31. The summed E-state index contributed by atoms with van der Waals surface area (Å²) in [5.74, 6) is -0.0462. The first-order valence-corrected chi connectivity index (χ1v) is 7.74. The fourth-order valence-corrected chi connectivity index (χ4v) is 3.04. The summed E-state index contributed by atoms with van der Waals surface area (Å²) in [6.07, 6.45) is 0. The third-order valence-corrected chi connectivity index (χ3v) is 4.22. The zero-order valence-electron chi connectivity index (χ0n) is 12.4. The number of nitrogens with one attached hydrogen (secondary N) is 1. The number of benzene rings is 1. The molecule has 114 valence electrons. The molecule has 1 aromatic heterocycles.